The lowest BCUT2D eigenvalue weighted by atomic mass is 10.0. The average Bonchev–Trinajstić information content (AvgIpc) is 3.02. The van der Waals surface area contributed by atoms with Gasteiger partial charge in [0.05, 0.1) is 11.1 Å². The molecule has 0 bridgehead atoms. The van der Waals surface area contributed by atoms with Crippen molar-refractivity contribution in [3.63, 3.8) is 0 Å². The molecule has 34 heavy (non-hydrogen) atoms. The molecule has 1 aliphatic heterocycles. The van der Waals surface area contributed by atoms with Crippen LogP contribution in [-0.2, 0) is 14.3 Å². The van der Waals surface area contributed by atoms with Crippen LogP contribution in [0, 0.1) is 12.8 Å². The number of nitrogens with one attached hydrogen (secondary N) is 1. The minimum Gasteiger partial charge on any atom is -0.454 e. The molecular formula is C22H17Br4ClN2O5. The van der Waals surface area contributed by atoms with Crippen molar-refractivity contribution < 1.29 is 23.9 Å². The predicted molar refractivity (Wildman–Crippen MR) is 142 cm³/mol. The summed E-state index contributed by atoms with van der Waals surface area (Å²) in [5.74, 6) is -3.22. The van der Waals surface area contributed by atoms with Crippen molar-refractivity contribution >= 4 is 105 Å². The van der Waals surface area contributed by atoms with Gasteiger partial charge in [-0.3, -0.25) is 19.3 Å². The molecule has 7 nitrogen and oxygen atoms in total. The second-order valence-corrected chi connectivity index (χ2v) is 11.4. The summed E-state index contributed by atoms with van der Waals surface area (Å²) in [6.07, 6.45) is 0. The molecule has 2 aromatic carbocycles. The fourth-order valence-electron chi connectivity index (χ4n) is 3.38. The quantitative estimate of drug-likeness (QED) is 0.158. The Hall–Kier alpha value is -1.27. The third-order valence-electron chi connectivity index (χ3n) is 5.08. The minimum absolute atomic E-state index is 0.124. The number of carbonyl (C=O) groups excluding carboxylic acids is 4. The van der Waals surface area contributed by atoms with Crippen LogP contribution in [-0.4, -0.2) is 41.2 Å². The van der Waals surface area contributed by atoms with Crippen molar-refractivity contribution in [3.05, 3.63) is 57.8 Å². The van der Waals surface area contributed by atoms with Gasteiger partial charge in [-0.05, 0) is 94.3 Å². The van der Waals surface area contributed by atoms with Crippen LogP contribution in [0.5, 0.6) is 0 Å². The molecule has 1 atom stereocenters. The number of hydrogen-bond acceptors (Lipinski definition) is 5. The highest BCUT2D eigenvalue weighted by Gasteiger charge is 2.47. The van der Waals surface area contributed by atoms with E-state index in [-0.39, 0.29) is 11.1 Å². The molecule has 0 aromatic heterocycles. The predicted octanol–water partition coefficient (Wildman–Crippen LogP) is 6.50. The van der Waals surface area contributed by atoms with Crippen LogP contribution in [0.3, 0.4) is 0 Å². The van der Waals surface area contributed by atoms with Gasteiger partial charge in [0.1, 0.15) is 6.04 Å². The number of imide groups is 1. The molecule has 0 unspecified atom stereocenters. The fourth-order valence-corrected chi connectivity index (χ4v) is 6.02. The van der Waals surface area contributed by atoms with E-state index < -0.39 is 42.3 Å². The molecule has 1 N–H and O–H groups in total. The summed E-state index contributed by atoms with van der Waals surface area (Å²) in [4.78, 5) is 52.6. The summed E-state index contributed by atoms with van der Waals surface area (Å²) < 4.78 is 7.04. The van der Waals surface area contributed by atoms with Gasteiger partial charge in [-0.1, -0.05) is 31.5 Å². The van der Waals surface area contributed by atoms with E-state index in [1.165, 1.54) is 0 Å². The SMILES string of the molecule is Cc1ccc(NC(=O)COC(=O)[C@@H](C(C)C)N2C(=O)c3c(Br)c(Br)c(Br)c(Br)c3C2=O)cc1Cl. The summed E-state index contributed by atoms with van der Waals surface area (Å²) in [6, 6.07) is 3.76. The molecule has 1 heterocycles. The second kappa shape index (κ2) is 10.8. The Kier molecular flexibility index (Phi) is 8.66. The van der Waals surface area contributed by atoms with Crippen molar-refractivity contribution in [2.24, 2.45) is 5.92 Å². The Morgan fingerprint density at radius 3 is 2.00 bits per heavy atom. The Balaban J connectivity index is 1.80. The van der Waals surface area contributed by atoms with Gasteiger partial charge in [0.25, 0.3) is 17.7 Å². The number of aryl methyl sites for hydroxylation is 1. The smallest absolute Gasteiger partial charge is 0.330 e. The van der Waals surface area contributed by atoms with E-state index in [4.69, 9.17) is 16.3 Å². The van der Waals surface area contributed by atoms with Crippen LogP contribution in [0.1, 0.15) is 40.1 Å². The summed E-state index contributed by atoms with van der Waals surface area (Å²) in [5.41, 5.74) is 1.55. The summed E-state index contributed by atoms with van der Waals surface area (Å²) in [6.45, 7) is 4.59. The number of esters is 1. The van der Waals surface area contributed by atoms with Crippen LogP contribution < -0.4 is 5.32 Å². The number of carbonyl (C=O) groups is 4. The molecule has 12 heteroatoms. The van der Waals surface area contributed by atoms with E-state index in [9.17, 15) is 19.2 Å². The number of amides is 3. The number of ether oxygens (including phenoxy) is 1. The van der Waals surface area contributed by atoms with Gasteiger partial charge in [0, 0.05) is 28.6 Å². The van der Waals surface area contributed by atoms with Crippen molar-refractivity contribution in [1.29, 1.82) is 0 Å². The van der Waals surface area contributed by atoms with E-state index in [2.05, 4.69) is 69.0 Å². The van der Waals surface area contributed by atoms with Crippen LogP contribution in [0.4, 0.5) is 5.69 Å². The van der Waals surface area contributed by atoms with E-state index in [0.717, 1.165) is 10.5 Å². The maximum atomic E-state index is 13.3. The van der Waals surface area contributed by atoms with Crippen molar-refractivity contribution in [2.75, 3.05) is 11.9 Å². The van der Waals surface area contributed by atoms with Gasteiger partial charge >= 0.3 is 5.97 Å². The Morgan fingerprint density at radius 2 is 1.53 bits per heavy atom. The van der Waals surface area contributed by atoms with Gasteiger partial charge in [-0.15, -0.1) is 0 Å². The fraction of sp³-hybridized carbons (Fsp3) is 0.273. The first-order valence-electron chi connectivity index (χ1n) is 9.83. The van der Waals surface area contributed by atoms with Crippen molar-refractivity contribution in [3.8, 4) is 0 Å². The third kappa shape index (κ3) is 5.13. The highest BCUT2D eigenvalue weighted by molar-refractivity contribution is 9.15. The minimum atomic E-state index is -1.23. The van der Waals surface area contributed by atoms with Crippen LogP contribution >= 0.6 is 75.3 Å². The van der Waals surface area contributed by atoms with Gasteiger partial charge in [0.15, 0.2) is 6.61 Å². The summed E-state index contributed by atoms with van der Waals surface area (Å²) >= 11 is 19.5. The number of hydrogen-bond donors (Lipinski definition) is 1. The van der Waals surface area contributed by atoms with Gasteiger partial charge < -0.3 is 10.1 Å². The molecule has 2 aromatic rings. The normalized spacial score (nSPS) is 13.9. The third-order valence-corrected chi connectivity index (χ3v) is 10.3. The first-order chi connectivity index (χ1) is 15.9. The molecule has 3 rings (SSSR count). The zero-order chi connectivity index (χ0) is 25.5. The molecule has 1 aliphatic rings. The highest BCUT2D eigenvalue weighted by Crippen LogP contribution is 2.46. The lowest BCUT2D eigenvalue weighted by Gasteiger charge is -2.27. The zero-order valence-electron chi connectivity index (χ0n) is 18.0. The topological polar surface area (TPSA) is 92.8 Å². The number of halogens is 5. The lowest BCUT2D eigenvalue weighted by Crippen LogP contribution is -2.49. The van der Waals surface area contributed by atoms with Gasteiger partial charge in [-0.2, -0.15) is 0 Å². The Labute approximate surface area is 234 Å². The van der Waals surface area contributed by atoms with Crippen LogP contribution in [0.15, 0.2) is 36.1 Å². The van der Waals surface area contributed by atoms with E-state index in [1.807, 2.05) is 6.92 Å². The Morgan fingerprint density at radius 1 is 1.00 bits per heavy atom. The molecule has 0 saturated carbocycles. The Bertz CT molecular complexity index is 1190. The zero-order valence-corrected chi connectivity index (χ0v) is 25.1. The van der Waals surface area contributed by atoms with Gasteiger partial charge in [0.2, 0.25) is 0 Å². The van der Waals surface area contributed by atoms with Gasteiger partial charge in [-0.25, -0.2) is 4.79 Å². The highest BCUT2D eigenvalue weighted by atomic mass is 79.9. The number of rotatable bonds is 6. The van der Waals surface area contributed by atoms with Crippen LogP contribution in [0.25, 0.3) is 0 Å². The van der Waals surface area contributed by atoms with E-state index >= 15 is 0 Å². The monoisotopic (exact) mass is 740 g/mol. The standard InChI is InChI=1S/C22H17Br4ClN2O5/c1-8(2)19(22(33)34-7-12(30)28-10-5-4-9(3)11(27)6-10)29-20(31)13-14(21(29)32)16(24)18(26)17(25)15(13)23/h4-6,8,19H,7H2,1-3H3,(H,28,30)/t19-/m1/s1. The molecule has 0 fully saturated rings. The second-order valence-electron chi connectivity index (χ2n) is 7.79. The molecule has 0 saturated heterocycles. The number of fused-ring (bicyclic) bond motifs is 1. The number of benzene rings is 2. The summed E-state index contributed by atoms with van der Waals surface area (Å²) in [7, 11) is 0. The molecular weight excluding hydrogens is 727 g/mol. The number of nitrogens with zero attached hydrogens (tertiary/aromatic N) is 1. The maximum Gasteiger partial charge on any atom is 0.330 e. The maximum absolute atomic E-state index is 13.3. The largest absolute Gasteiger partial charge is 0.454 e. The van der Waals surface area contributed by atoms with E-state index in [0.29, 0.717) is 28.6 Å². The summed E-state index contributed by atoms with van der Waals surface area (Å²) in [5, 5.41) is 3.07. The van der Waals surface area contributed by atoms with Crippen molar-refractivity contribution in [2.45, 2.75) is 26.8 Å². The molecule has 0 spiro atoms. The van der Waals surface area contributed by atoms with Crippen LogP contribution in [0.2, 0.25) is 5.02 Å². The first kappa shape index (κ1) is 27.3. The molecule has 3 amide bonds. The molecule has 0 radical (unpaired) electrons. The molecule has 180 valence electrons. The molecule has 0 aliphatic carbocycles. The average molecular weight is 744 g/mol. The van der Waals surface area contributed by atoms with Crippen molar-refractivity contribution in [1.82, 2.24) is 4.90 Å². The lowest BCUT2D eigenvalue weighted by molar-refractivity contribution is -0.152. The first-order valence-corrected chi connectivity index (χ1v) is 13.4. The van der Waals surface area contributed by atoms with E-state index in [1.54, 1.807) is 32.0 Å². The number of anilines is 1.